The van der Waals surface area contributed by atoms with Crippen molar-refractivity contribution in [1.82, 2.24) is 24.9 Å². The highest BCUT2D eigenvalue weighted by Gasteiger charge is 2.19. The lowest BCUT2D eigenvalue weighted by molar-refractivity contribution is 0.0903. The summed E-state index contributed by atoms with van der Waals surface area (Å²) < 4.78 is 20.9. The number of hydrogen-bond donors (Lipinski definition) is 1. The van der Waals surface area contributed by atoms with Crippen LogP contribution in [0.5, 0.6) is 0 Å². The lowest BCUT2D eigenvalue weighted by Gasteiger charge is -2.14. The summed E-state index contributed by atoms with van der Waals surface area (Å²) in [6.07, 6.45) is 3.08. The largest absolute Gasteiger partial charge is 0.383 e. The van der Waals surface area contributed by atoms with Crippen LogP contribution in [0.25, 0.3) is 16.9 Å². The Bertz CT molecular complexity index is 1040. The first-order chi connectivity index (χ1) is 13.4. The van der Waals surface area contributed by atoms with Crippen molar-refractivity contribution in [3.63, 3.8) is 0 Å². The van der Waals surface area contributed by atoms with Gasteiger partial charge in [-0.25, -0.2) is 4.39 Å². The van der Waals surface area contributed by atoms with Gasteiger partial charge in [0, 0.05) is 25.8 Å². The molecule has 8 nitrogen and oxygen atoms in total. The average Bonchev–Trinajstić information content (AvgIpc) is 3.09. The molecule has 146 valence electrons. The summed E-state index contributed by atoms with van der Waals surface area (Å²) in [7, 11) is 3.23. The maximum Gasteiger partial charge on any atom is 0.284 e. The first kappa shape index (κ1) is 19.4. The Morgan fingerprint density at radius 2 is 2.04 bits per heavy atom. The zero-order chi connectivity index (χ0) is 20.3. The number of amides is 1. The van der Waals surface area contributed by atoms with Crippen LogP contribution in [-0.2, 0) is 11.8 Å². The molecule has 0 bridgehead atoms. The highest BCUT2D eigenvalue weighted by molar-refractivity contribution is 5.95. The fraction of sp³-hybridized carbons (Fsp3) is 0.263. The van der Waals surface area contributed by atoms with Crippen LogP contribution < -0.4 is 10.9 Å². The van der Waals surface area contributed by atoms with Gasteiger partial charge in [-0.3, -0.25) is 14.3 Å². The fourth-order valence-corrected chi connectivity index (χ4v) is 2.70. The number of aromatic nitrogens is 4. The maximum atomic E-state index is 13.3. The standard InChI is InChI=1S/C19H20FN5O3/c1-12(11-28-3)22-18(26)16-8-17(13-4-6-14(20)7-5-13)23-25(19(16)27)15-9-21-24(2)10-15/h4-10,12H,11H2,1-3H3,(H,22,26)/t12-/m0/s1. The fourth-order valence-electron chi connectivity index (χ4n) is 2.70. The Morgan fingerprint density at radius 3 is 2.64 bits per heavy atom. The first-order valence-corrected chi connectivity index (χ1v) is 8.58. The molecule has 1 N–H and O–H groups in total. The van der Waals surface area contributed by atoms with Gasteiger partial charge in [0.25, 0.3) is 11.5 Å². The van der Waals surface area contributed by atoms with Crippen molar-refractivity contribution in [2.45, 2.75) is 13.0 Å². The summed E-state index contributed by atoms with van der Waals surface area (Å²) in [5, 5.41) is 11.1. The highest BCUT2D eigenvalue weighted by atomic mass is 19.1. The molecular formula is C19H20FN5O3. The Morgan fingerprint density at radius 1 is 1.32 bits per heavy atom. The number of nitrogens with one attached hydrogen (secondary N) is 1. The van der Waals surface area contributed by atoms with E-state index in [2.05, 4.69) is 15.5 Å². The lowest BCUT2D eigenvalue weighted by Crippen LogP contribution is -2.39. The van der Waals surface area contributed by atoms with Gasteiger partial charge < -0.3 is 10.1 Å². The molecule has 3 aromatic rings. The molecule has 2 heterocycles. The van der Waals surface area contributed by atoms with Gasteiger partial charge in [-0.1, -0.05) is 0 Å². The zero-order valence-corrected chi connectivity index (χ0v) is 15.7. The molecule has 0 spiro atoms. The number of halogens is 1. The number of hydrogen-bond acceptors (Lipinski definition) is 5. The molecule has 0 aliphatic carbocycles. The molecule has 0 aliphatic heterocycles. The van der Waals surface area contributed by atoms with Crippen LogP contribution in [-0.4, -0.2) is 45.2 Å². The minimum absolute atomic E-state index is 0.0823. The van der Waals surface area contributed by atoms with E-state index in [-0.39, 0.29) is 11.6 Å². The molecule has 0 unspecified atom stereocenters. The third-order valence-electron chi connectivity index (χ3n) is 4.03. The zero-order valence-electron chi connectivity index (χ0n) is 15.7. The molecule has 28 heavy (non-hydrogen) atoms. The van der Waals surface area contributed by atoms with E-state index >= 15 is 0 Å². The predicted molar refractivity (Wildman–Crippen MR) is 101 cm³/mol. The normalized spacial score (nSPS) is 12.0. The van der Waals surface area contributed by atoms with Crippen LogP contribution in [0, 0.1) is 5.82 Å². The number of methoxy groups -OCH3 is 1. The average molecular weight is 385 g/mol. The van der Waals surface area contributed by atoms with Crippen molar-refractivity contribution < 1.29 is 13.9 Å². The first-order valence-electron chi connectivity index (χ1n) is 8.58. The molecule has 2 aromatic heterocycles. The SMILES string of the molecule is COC[C@H](C)NC(=O)c1cc(-c2ccc(F)cc2)nn(-c2cnn(C)c2)c1=O. The summed E-state index contributed by atoms with van der Waals surface area (Å²) >= 11 is 0. The Balaban J connectivity index is 2.12. The Kier molecular flexibility index (Phi) is 5.65. The third kappa shape index (κ3) is 4.15. The molecule has 1 amide bonds. The topological polar surface area (TPSA) is 91.0 Å². The van der Waals surface area contributed by atoms with Crippen molar-refractivity contribution in [3.05, 3.63) is 64.5 Å². The van der Waals surface area contributed by atoms with Gasteiger partial charge in [0.05, 0.1) is 24.7 Å². The van der Waals surface area contributed by atoms with Gasteiger partial charge in [0.2, 0.25) is 0 Å². The number of benzene rings is 1. The van der Waals surface area contributed by atoms with Gasteiger partial charge in [0.15, 0.2) is 0 Å². The van der Waals surface area contributed by atoms with Crippen LogP contribution in [0.2, 0.25) is 0 Å². The van der Waals surface area contributed by atoms with Gasteiger partial charge in [0.1, 0.15) is 17.1 Å². The summed E-state index contributed by atoms with van der Waals surface area (Å²) in [5.74, 6) is -0.936. The quantitative estimate of drug-likeness (QED) is 0.695. The Labute approximate surface area is 160 Å². The van der Waals surface area contributed by atoms with Crippen molar-refractivity contribution in [3.8, 4) is 16.9 Å². The van der Waals surface area contributed by atoms with E-state index in [0.29, 0.717) is 23.6 Å². The summed E-state index contributed by atoms with van der Waals surface area (Å²) in [4.78, 5) is 25.6. The predicted octanol–water partition coefficient (Wildman–Crippen LogP) is 1.54. The van der Waals surface area contributed by atoms with Gasteiger partial charge >= 0.3 is 0 Å². The summed E-state index contributed by atoms with van der Waals surface area (Å²) in [6.45, 7) is 2.07. The monoisotopic (exact) mass is 385 g/mol. The van der Waals surface area contributed by atoms with E-state index in [1.54, 1.807) is 20.2 Å². The number of carbonyl (C=O) groups excluding carboxylic acids is 1. The van der Waals surface area contributed by atoms with E-state index in [9.17, 15) is 14.0 Å². The van der Waals surface area contributed by atoms with E-state index in [4.69, 9.17) is 4.74 Å². The van der Waals surface area contributed by atoms with Crippen LogP contribution in [0.15, 0.2) is 47.5 Å². The van der Waals surface area contributed by atoms with Crippen LogP contribution >= 0.6 is 0 Å². The molecule has 0 saturated heterocycles. The van der Waals surface area contributed by atoms with E-state index in [0.717, 1.165) is 4.68 Å². The minimum atomic E-state index is -0.582. The second-order valence-corrected chi connectivity index (χ2v) is 6.37. The van der Waals surface area contributed by atoms with Gasteiger partial charge in [-0.2, -0.15) is 14.9 Å². The number of nitrogens with zero attached hydrogens (tertiary/aromatic N) is 4. The van der Waals surface area contributed by atoms with Crippen molar-refractivity contribution >= 4 is 5.91 Å². The van der Waals surface area contributed by atoms with Gasteiger partial charge in [-0.05, 0) is 37.3 Å². The van der Waals surface area contributed by atoms with Crippen molar-refractivity contribution in [2.75, 3.05) is 13.7 Å². The van der Waals surface area contributed by atoms with Gasteiger partial charge in [-0.15, -0.1) is 0 Å². The molecule has 1 atom stereocenters. The maximum absolute atomic E-state index is 13.3. The van der Waals surface area contributed by atoms with Crippen LogP contribution in [0.1, 0.15) is 17.3 Å². The van der Waals surface area contributed by atoms with E-state index in [1.807, 2.05) is 0 Å². The van der Waals surface area contributed by atoms with Crippen molar-refractivity contribution in [1.29, 1.82) is 0 Å². The summed E-state index contributed by atoms with van der Waals surface area (Å²) in [5.41, 5.74) is 0.670. The summed E-state index contributed by atoms with van der Waals surface area (Å²) in [6, 6.07) is 6.76. The number of rotatable bonds is 6. The molecule has 1 aromatic carbocycles. The third-order valence-corrected chi connectivity index (χ3v) is 4.03. The smallest absolute Gasteiger partial charge is 0.284 e. The second-order valence-electron chi connectivity index (χ2n) is 6.37. The lowest BCUT2D eigenvalue weighted by atomic mass is 10.1. The van der Waals surface area contributed by atoms with E-state index < -0.39 is 17.3 Å². The van der Waals surface area contributed by atoms with E-state index in [1.165, 1.54) is 48.3 Å². The number of ether oxygens (including phenoxy) is 1. The number of aryl methyl sites for hydroxylation is 1. The molecule has 0 saturated carbocycles. The molecule has 0 fully saturated rings. The molecule has 0 radical (unpaired) electrons. The second kappa shape index (κ2) is 8.13. The van der Waals surface area contributed by atoms with Crippen molar-refractivity contribution in [2.24, 2.45) is 7.05 Å². The van der Waals surface area contributed by atoms with Crippen LogP contribution in [0.3, 0.4) is 0 Å². The minimum Gasteiger partial charge on any atom is -0.383 e. The molecule has 0 aliphatic rings. The molecule has 9 heteroatoms. The number of carbonyl (C=O) groups is 1. The Hall–Kier alpha value is -3.33. The van der Waals surface area contributed by atoms with Crippen LogP contribution in [0.4, 0.5) is 4.39 Å². The molecular weight excluding hydrogens is 365 g/mol. The highest BCUT2D eigenvalue weighted by Crippen LogP contribution is 2.18. The molecule has 3 rings (SSSR count).